The quantitative estimate of drug-likeness (QED) is 0.0475. The fourth-order valence-electron chi connectivity index (χ4n) is 8.22. The first kappa shape index (κ1) is 44.7. The molecule has 0 spiro atoms. The average molecular weight is 697 g/mol. The highest BCUT2D eigenvalue weighted by Crippen LogP contribution is 2.45. The first-order valence-corrected chi connectivity index (χ1v) is 22.0. The topological polar surface area (TPSA) is 35.5 Å². The summed E-state index contributed by atoms with van der Waals surface area (Å²) in [5.41, 5.74) is 4.43. The van der Waals surface area contributed by atoms with Crippen LogP contribution in [0.25, 0.3) is 0 Å². The Hall–Kier alpha value is -1.51. The molecule has 0 saturated heterocycles. The van der Waals surface area contributed by atoms with Gasteiger partial charge < -0.3 is 9.47 Å². The standard InChI is InChI=1S/C47H84O3/c1-10-11-12-13-14-15-16-17-18-19-20-21-22-23-24-33-44(48)49-45-40(6)41(7)46-43(42(45)8)34-36-47(9,50-46)35-27-32-39(5)31-26-30-38(4)29-25-28-37(2)3/h37-39H,10-36H2,1-9H3. The number of rotatable bonds is 29. The van der Waals surface area contributed by atoms with Crippen LogP contribution in [0.5, 0.6) is 11.5 Å². The fraction of sp³-hybridized carbons (Fsp3) is 0.851. The molecule has 3 unspecified atom stereocenters. The molecule has 3 heteroatoms. The van der Waals surface area contributed by atoms with Crippen LogP contribution in [0.1, 0.15) is 231 Å². The Labute approximate surface area is 312 Å². The average Bonchev–Trinajstić information content (AvgIpc) is 3.07. The molecule has 0 saturated carbocycles. The summed E-state index contributed by atoms with van der Waals surface area (Å²) in [5.74, 6) is 4.24. The summed E-state index contributed by atoms with van der Waals surface area (Å²) in [6.45, 7) is 20.5. The van der Waals surface area contributed by atoms with Crippen LogP contribution < -0.4 is 9.47 Å². The van der Waals surface area contributed by atoms with Crippen molar-refractivity contribution in [3.63, 3.8) is 0 Å². The molecule has 1 aromatic rings. The van der Waals surface area contributed by atoms with Crippen molar-refractivity contribution in [3.05, 3.63) is 22.3 Å². The van der Waals surface area contributed by atoms with Crippen LogP contribution in [-0.4, -0.2) is 11.6 Å². The molecule has 1 aromatic carbocycles. The molecule has 1 heterocycles. The van der Waals surface area contributed by atoms with Gasteiger partial charge in [0, 0.05) is 12.0 Å². The number of esters is 1. The number of carbonyl (C=O) groups excluding carboxylic acids is 1. The third-order valence-corrected chi connectivity index (χ3v) is 12.0. The molecular formula is C47H84O3. The van der Waals surface area contributed by atoms with E-state index in [0.717, 1.165) is 78.0 Å². The fourth-order valence-corrected chi connectivity index (χ4v) is 8.22. The summed E-state index contributed by atoms with van der Waals surface area (Å²) >= 11 is 0. The van der Waals surface area contributed by atoms with E-state index in [2.05, 4.69) is 62.3 Å². The lowest BCUT2D eigenvalue weighted by Crippen LogP contribution is -2.37. The van der Waals surface area contributed by atoms with Gasteiger partial charge in [0.05, 0.1) is 0 Å². The molecule has 50 heavy (non-hydrogen) atoms. The van der Waals surface area contributed by atoms with Gasteiger partial charge in [-0.15, -0.1) is 0 Å². The number of hydrogen-bond acceptors (Lipinski definition) is 3. The zero-order valence-corrected chi connectivity index (χ0v) is 35.0. The molecule has 0 N–H and O–H groups in total. The Morgan fingerprint density at radius 3 is 1.64 bits per heavy atom. The van der Waals surface area contributed by atoms with Crippen LogP contribution in [0, 0.1) is 38.5 Å². The van der Waals surface area contributed by atoms with Crippen LogP contribution in [0.4, 0.5) is 0 Å². The van der Waals surface area contributed by atoms with Gasteiger partial charge in [0.15, 0.2) is 0 Å². The van der Waals surface area contributed by atoms with E-state index in [0.29, 0.717) is 6.42 Å². The maximum Gasteiger partial charge on any atom is 0.311 e. The summed E-state index contributed by atoms with van der Waals surface area (Å²) < 4.78 is 12.9. The van der Waals surface area contributed by atoms with E-state index in [1.165, 1.54) is 140 Å². The highest BCUT2D eigenvalue weighted by molar-refractivity contribution is 5.74. The Morgan fingerprint density at radius 1 is 0.640 bits per heavy atom. The van der Waals surface area contributed by atoms with Gasteiger partial charge in [0.1, 0.15) is 17.1 Å². The van der Waals surface area contributed by atoms with Crippen molar-refractivity contribution in [2.24, 2.45) is 17.8 Å². The number of fused-ring (bicyclic) bond motifs is 1. The molecule has 3 nitrogen and oxygen atoms in total. The van der Waals surface area contributed by atoms with Crippen LogP contribution in [0.3, 0.4) is 0 Å². The van der Waals surface area contributed by atoms with Crippen molar-refractivity contribution in [1.82, 2.24) is 0 Å². The van der Waals surface area contributed by atoms with Crippen LogP contribution in [0.2, 0.25) is 0 Å². The smallest absolute Gasteiger partial charge is 0.311 e. The van der Waals surface area contributed by atoms with Crippen molar-refractivity contribution in [1.29, 1.82) is 0 Å². The maximum atomic E-state index is 12.9. The van der Waals surface area contributed by atoms with E-state index in [1.807, 2.05) is 0 Å². The minimum atomic E-state index is -0.118. The van der Waals surface area contributed by atoms with E-state index < -0.39 is 0 Å². The Morgan fingerprint density at radius 2 is 1.12 bits per heavy atom. The minimum Gasteiger partial charge on any atom is -0.487 e. The number of carbonyl (C=O) groups is 1. The molecule has 0 aromatic heterocycles. The lowest BCUT2D eigenvalue weighted by molar-refractivity contribution is -0.134. The highest BCUT2D eigenvalue weighted by atomic mass is 16.5. The number of hydrogen-bond donors (Lipinski definition) is 0. The third kappa shape index (κ3) is 17.8. The van der Waals surface area contributed by atoms with E-state index in [-0.39, 0.29) is 11.6 Å². The predicted molar refractivity (Wildman–Crippen MR) is 218 cm³/mol. The summed E-state index contributed by atoms with van der Waals surface area (Å²) in [6.07, 6.45) is 34.4. The molecule has 0 bridgehead atoms. The molecule has 3 atom stereocenters. The molecule has 290 valence electrons. The van der Waals surface area contributed by atoms with Gasteiger partial charge in [0.2, 0.25) is 0 Å². The molecule has 0 fully saturated rings. The van der Waals surface area contributed by atoms with Gasteiger partial charge in [-0.2, -0.15) is 0 Å². The van der Waals surface area contributed by atoms with Crippen molar-refractivity contribution >= 4 is 5.97 Å². The first-order valence-electron chi connectivity index (χ1n) is 22.0. The van der Waals surface area contributed by atoms with E-state index in [1.54, 1.807) is 0 Å². The first-order chi connectivity index (χ1) is 24.0. The zero-order valence-electron chi connectivity index (χ0n) is 35.0. The molecular weight excluding hydrogens is 613 g/mol. The third-order valence-electron chi connectivity index (χ3n) is 12.0. The zero-order chi connectivity index (χ0) is 36.8. The van der Waals surface area contributed by atoms with E-state index >= 15 is 0 Å². The van der Waals surface area contributed by atoms with Crippen molar-refractivity contribution in [2.75, 3.05) is 0 Å². The molecule has 1 aliphatic rings. The van der Waals surface area contributed by atoms with Crippen molar-refractivity contribution in [3.8, 4) is 11.5 Å². The number of benzene rings is 1. The second-order valence-electron chi connectivity index (χ2n) is 17.6. The van der Waals surface area contributed by atoms with Gasteiger partial charge in [-0.25, -0.2) is 0 Å². The molecule has 2 rings (SSSR count). The van der Waals surface area contributed by atoms with E-state index in [4.69, 9.17) is 9.47 Å². The van der Waals surface area contributed by atoms with Gasteiger partial charge in [0.25, 0.3) is 0 Å². The summed E-state index contributed by atoms with van der Waals surface area (Å²) in [4.78, 5) is 12.9. The monoisotopic (exact) mass is 697 g/mol. The van der Waals surface area contributed by atoms with Crippen LogP contribution >= 0.6 is 0 Å². The van der Waals surface area contributed by atoms with Gasteiger partial charge in [-0.3, -0.25) is 4.79 Å². The highest BCUT2D eigenvalue weighted by Gasteiger charge is 2.34. The normalized spacial score (nSPS) is 17.1. The van der Waals surface area contributed by atoms with Crippen LogP contribution in [-0.2, 0) is 11.2 Å². The largest absolute Gasteiger partial charge is 0.487 e. The molecule has 0 aliphatic carbocycles. The molecule has 0 radical (unpaired) electrons. The van der Waals surface area contributed by atoms with Gasteiger partial charge in [-0.05, 0) is 94.2 Å². The van der Waals surface area contributed by atoms with Crippen LogP contribution in [0.15, 0.2) is 0 Å². The van der Waals surface area contributed by atoms with E-state index in [9.17, 15) is 4.79 Å². The van der Waals surface area contributed by atoms with Gasteiger partial charge >= 0.3 is 5.97 Å². The Kier molecular flexibility index (Phi) is 22.7. The molecule has 1 aliphatic heterocycles. The summed E-state index contributed by atoms with van der Waals surface area (Å²) in [6, 6.07) is 0. The second kappa shape index (κ2) is 25.5. The van der Waals surface area contributed by atoms with Crippen molar-refractivity contribution < 1.29 is 14.3 Å². The second-order valence-corrected chi connectivity index (χ2v) is 17.6. The van der Waals surface area contributed by atoms with Crippen molar-refractivity contribution in [2.45, 2.75) is 241 Å². The SMILES string of the molecule is CCCCCCCCCCCCCCCCCC(=O)Oc1c(C)c(C)c2c(c1C)CCC(C)(CCCC(C)CCCC(C)CCCC(C)C)O2. The number of unbranched alkanes of at least 4 members (excludes halogenated alkanes) is 14. The number of ether oxygens (including phenoxy) is 2. The predicted octanol–water partition coefficient (Wildman–Crippen LogP) is 15.3. The van der Waals surface area contributed by atoms with Gasteiger partial charge in [-0.1, -0.05) is 169 Å². The Balaban J connectivity index is 1.67. The summed E-state index contributed by atoms with van der Waals surface area (Å²) in [7, 11) is 0. The molecule has 0 amide bonds. The minimum absolute atomic E-state index is 0.0819. The lowest BCUT2D eigenvalue weighted by atomic mass is 9.83. The maximum absolute atomic E-state index is 12.9. The lowest BCUT2D eigenvalue weighted by Gasteiger charge is -2.38. The Bertz CT molecular complexity index is 1060. The summed E-state index contributed by atoms with van der Waals surface area (Å²) in [5, 5.41) is 0.